The molecule has 0 spiro atoms. The van der Waals surface area contributed by atoms with Crippen molar-refractivity contribution in [1.29, 1.82) is 0 Å². The highest BCUT2D eigenvalue weighted by Gasteiger charge is 2.06. The first kappa shape index (κ1) is 8.51. The van der Waals surface area contributed by atoms with Crippen LogP contribution in [0.15, 0.2) is 4.79 Å². The average molecular weight is 171 g/mol. The number of nitrogens with one attached hydrogen (secondary N) is 2. The third-order valence-corrected chi connectivity index (χ3v) is 1.17. The molecule has 0 saturated heterocycles. The number of nitrogens with zero attached hydrogens (tertiary/aromatic N) is 1. The molecule has 0 aliphatic carbocycles. The average Bonchev–Trinajstić information content (AvgIpc) is 2.36. The van der Waals surface area contributed by atoms with E-state index in [0.717, 1.165) is 0 Å². The fourth-order valence-electron chi connectivity index (χ4n) is 0.738. The first-order valence-electron chi connectivity index (χ1n) is 3.51. The van der Waals surface area contributed by atoms with Crippen molar-refractivity contribution in [2.45, 2.75) is 13.3 Å². The largest absolute Gasteiger partial charge is 0.466 e. The summed E-state index contributed by atoms with van der Waals surface area (Å²) in [5.41, 5.74) is -0.422. The van der Waals surface area contributed by atoms with Gasteiger partial charge in [-0.05, 0) is 6.92 Å². The van der Waals surface area contributed by atoms with Crippen LogP contribution in [0.5, 0.6) is 0 Å². The van der Waals surface area contributed by atoms with Crippen molar-refractivity contribution in [2.24, 2.45) is 0 Å². The molecular formula is C6H9N3O3. The Hall–Kier alpha value is -1.59. The van der Waals surface area contributed by atoms with Gasteiger partial charge in [0, 0.05) is 0 Å². The van der Waals surface area contributed by atoms with Gasteiger partial charge in [-0.15, -0.1) is 0 Å². The molecule has 0 radical (unpaired) electrons. The lowest BCUT2D eigenvalue weighted by molar-refractivity contribution is -0.142. The van der Waals surface area contributed by atoms with E-state index in [-0.39, 0.29) is 6.42 Å². The number of hydrogen-bond acceptors (Lipinski definition) is 4. The second-order valence-electron chi connectivity index (χ2n) is 2.11. The molecular weight excluding hydrogens is 162 g/mol. The Labute approximate surface area is 67.9 Å². The fourth-order valence-corrected chi connectivity index (χ4v) is 0.738. The summed E-state index contributed by atoms with van der Waals surface area (Å²) in [7, 11) is 0. The van der Waals surface area contributed by atoms with Gasteiger partial charge in [0.25, 0.3) is 0 Å². The minimum atomic E-state index is -0.422. The van der Waals surface area contributed by atoms with E-state index in [9.17, 15) is 9.59 Å². The molecule has 0 aliphatic heterocycles. The van der Waals surface area contributed by atoms with E-state index >= 15 is 0 Å². The van der Waals surface area contributed by atoms with Crippen molar-refractivity contribution in [3.8, 4) is 0 Å². The Balaban J connectivity index is 2.52. The van der Waals surface area contributed by atoms with E-state index in [2.05, 4.69) is 19.9 Å². The lowest BCUT2D eigenvalue weighted by atomic mass is 10.4. The van der Waals surface area contributed by atoms with E-state index in [1.54, 1.807) is 6.92 Å². The van der Waals surface area contributed by atoms with Gasteiger partial charge in [0.2, 0.25) is 0 Å². The van der Waals surface area contributed by atoms with Gasteiger partial charge in [-0.1, -0.05) is 0 Å². The van der Waals surface area contributed by atoms with Crippen LogP contribution in [0.4, 0.5) is 0 Å². The van der Waals surface area contributed by atoms with Crippen LogP contribution >= 0.6 is 0 Å². The van der Waals surface area contributed by atoms with Crippen molar-refractivity contribution >= 4 is 5.97 Å². The van der Waals surface area contributed by atoms with Crippen molar-refractivity contribution < 1.29 is 9.53 Å². The number of carbonyl (C=O) groups excluding carboxylic acids is 1. The molecule has 0 aliphatic rings. The van der Waals surface area contributed by atoms with Gasteiger partial charge in [-0.3, -0.25) is 9.78 Å². The van der Waals surface area contributed by atoms with Crippen LogP contribution in [0.1, 0.15) is 12.7 Å². The minimum absolute atomic E-state index is 0.00736. The summed E-state index contributed by atoms with van der Waals surface area (Å²) >= 11 is 0. The van der Waals surface area contributed by atoms with Crippen LogP contribution in [-0.2, 0) is 16.0 Å². The third-order valence-electron chi connectivity index (χ3n) is 1.17. The third kappa shape index (κ3) is 2.22. The predicted octanol–water partition coefficient (Wildman–Crippen LogP) is -0.796. The summed E-state index contributed by atoms with van der Waals surface area (Å²) in [6.07, 6.45) is -0.00736. The molecule has 2 N–H and O–H groups in total. The number of carbonyl (C=O) groups is 1. The van der Waals surface area contributed by atoms with E-state index in [1.807, 2.05) is 0 Å². The van der Waals surface area contributed by atoms with E-state index < -0.39 is 11.7 Å². The molecule has 12 heavy (non-hydrogen) atoms. The lowest BCUT2D eigenvalue weighted by Gasteiger charge is -1.96. The van der Waals surface area contributed by atoms with Crippen LogP contribution in [0.25, 0.3) is 0 Å². The van der Waals surface area contributed by atoms with Crippen molar-refractivity contribution in [2.75, 3.05) is 6.61 Å². The van der Waals surface area contributed by atoms with Crippen LogP contribution < -0.4 is 5.69 Å². The first-order valence-corrected chi connectivity index (χ1v) is 3.51. The van der Waals surface area contributed by atoms with Crippen LogP contribution in [-0.4, -0.2) is 27.8 Å². The molecule has 1 aromatic heterocycles. The van der Waals surface area contributed by atoms with Gasteiger partial charge < -0.3 is 4.74 Å². The highest BCUT2D eigenvalue weighted by molar-refractivity contribution is 5.71. The van der Waals surface area contributed by atoms with E-state index in [4.69, 9.17) is 0 Å². The highest BCUT2D eigenvalue weighted by atomic mass is 16.5. The maximum atomic E-state index is 10.8. The number of aromatic nitrogens is 3. The summed E-state index contributed by atoms with van der Waals surface area (Å²) in [6, 6.07) is 0. The standard InChI is InChI=1S/C6H9N3O3/c1-2-12-5(10)3-4-7-6(11)9-8-4/h2-3H2,1H3,(H2,7,8,9,11). The SMILES string of the molecule is CCOC(=O)Cc1n[nH]c(=O)[nH]1. The van der Waals surface area contributed by atoms with Crippen molar-refractivity contribution in [3.05, 3.63) is 16.3 Å². The molecule has 0 bridgehead atoms. The second-order valence-corrected chi connectivity index (χ2v) is 2.11. The zero-order valence-corrected chi connectivity index (χ0v) is 6.59. The molecule has 0 aromatic carbocycles. The molecule has 0 saturated carbocycles. The Kier molecular flexibility index (Phi) is 2.62. The number of esters is 1. The van der Waals surface area contributed by atoms with E-state index in [0.29, 0.717) is 12.4 Å². The number of aromatic amines is 2. The molecule has 1 aromatic rings. The van der Waals surface area contributed by atoms with Crippen LogP contribution in [0.3, 0.4) is 0 Å². The minimum Gasteiger partial charge on any atom is -0.466 e. The fraction of sp³-hybridized carbons (Fsp3) is 0.500. The Morgan fingerprint density at radius 2 is 2.42 bits per heavy atom. The number of rotatable bonds is 3. The summed E-state index contributed by atoms with van der Waals surface area (Å²) in [5, 5.41) is 5.69. The van der Waals surface area contributed by atoms with Gasteiger partial charge >= 0.3 is 11.7 Å². The Morgan fingerprint density at radius 1 is 1.67 bits per heavy atom. The van der Waals surface area contributed by atoms with Gasteiger partial charge in [0.1, 0.15) is 12.2 Å². The first-order chi connectivity index (χ1) is 5.72. The monoisotopic (exact) mass is 171 g/mol. The van der Waals surface area contributed by atoms with Crippen LogP contribution in [0.2, 0.25) is 0 Å². The summed E-state index contributed by atoms with van der Waals surface area (Å²) in [6.45, 7) is 2.04. The topological polar surface area (TPSA) is 87.8 Å². The number of H-pyrrole nitrogens is 2. The number of ether oxygens (including phenoxy) is 1. The smallest absolute Gasteiger partial charge is 0.340 e. The zero-order chi connectivity index (χ0) is 8.97. The molecule has 1 rings (SSSR count). The van der Waals surface area contributed by atoms with Gasteiger partial charge in [0.05, 0.1) is 6.61 Å². The maximum absolute atomic E-state index is 10.8. The molecule has 1 heterocycles. The molecule has 0 fully saturated rings. The Morgan fingerprint density at radius 3 is 2.92 bits per heavy atom. The highest BCUT2D eigenvalue weighted by Crippen LogP contribution is 1.88. The summed E-state index contributed by atoms with van der Waals surface area (Å²) in [4.78, 5) is 23.7. The van der Waals surface area contributed by atoms with Crippen LogP contribution in [0, 0.1) is 0 Å². The molecule has 0 amide bonds. The summed E-state index contributed by atoms with van der Waals surface area (Å²) < 4.78 is 4.64. The maximum Gasteiger partial charge on any atom is 0.340 e. The molecule has 0 unspecified atom stereocenters. The molecule has 0 atom stereocenters. The van der Waals surface area contributed by atoms with Gasteiger partial charge in [-0.25, -0.2) is 9.89 Å². The van der Waals surface area contributed by atoms with E-state index in [1.165, 1.54) is 0 Å². The molecule has 6 heteroatoms. The predicted molar refractivity (Wildman–Crippen MR) is 39.5 cm³/mol. The van der Waals surface area contributed by atoms with Crippen molar-refractivity contribution in [3.63, 3.8) is 0 Å². The Bertz CT molecular complexity index is 314. The second kappa shape index (κ2) is 3.70. The number of hydrogen-bond donors (Lipinski definition) is 2. The summed E-state index contributed by atoms with van der Waals surface area (Å²) in [5.74, 6) is -0.112. The zero-order valence-electron chi connectivity index (χ0n) is 6.59. The van der Waals surface area contributed by atoms with Gasteiger partial charge in [-0.2, -0.15) is 5.10 Å². The van der Waals surface area contributed by atoms with Gasteiger partial charge in [0.15, 0.2) is 0 Å². The lowest BCUT2D eigenvalue weighted by Crippen LogP contribution is -2.09. The normalized spacial score (nSPS) is 9.75. The molecule has 6 nitrogen and oxygen atoms in total. The molecule has 66 valence electrons. The van der Waals surface area contributed by atoms with Crippen molar-refractivity contribution in [1.82, 2.24) is 15.2 Å². The quantitative estimate of drug-likeness (QED) is 0.583.